The van der Waals surface area contributed by atoms with Gasteiger partial charge in [0.2, 0.25) is 5.91 Å². The number of nitrogens with zero attached hydrogens (tertiary/aromatic N) is 3. The van der Waals surface area contributed by atoms with E-state index in [0.29, 0.717) is 54.8 Å². The van der Waals surface area contributed by atoms with Crippen LogP contribution in [0.15, 0.2) is 53.3 Å². The third-order valence-electron chi connectivity index (χ3n) is 5.31. The van der Waals surface area contributed by atoms with E-state index in [0.717, 1.165) is 0 Å². The second-order valence-corrected chi connectivity index (χ2v) is 7.74. The van der Waals surface area contributed by atoms with Crippen LogP contribution in [0.4, 0.5) is 11.5 Å². The zero-order valence-corrected chi connectivity index (χ0v) is 17.3. The maximum absolute atomic E-state index is 13.2. The number of hydrogen-bond donors (Lipinski definition) is 1. The standard InChI is InChI=1S/C23H26N4O3/c1-16(2)17-7-9-18(10-8-17)24-21(28)15-27-20-6-4-3-5-19(20)25-22(23(27)29)26-11-13-30-14-12-26/h3-10,16H,11-15H2,1-2H3,(H,24,28). The van der Waals surface area contributed by atoms with E-state index in [4.69, 9.17) is 4.74 Å². The zero-order valence-electron chi connectivity index (χ0n) is 17.3. The maximum Gasteiger partial charge on any atom is 0.294 e. The molecule has 1 N–H and O–H groups in total. The van der Waals surface area contributed by atoms with Gasteiger partial charge in [-0.3, -0.25) is 14.2 Å². The Morgan fingerprint density at radius 3 is 2.50 bits per heavy atom. The molecule has 0 spiro atoms. The second-order valence-electron chi connectivity index (χ2n) is 7.74. The number of aromatic nitrogens is 2. The van der Waals surface area contributed by atoms with Crippen LogP contribution < -0.4 is 15.8 Å². The van der Waals surface area contributed by atoms with Crippen molar-refractivity contribution in [3.8, 4) is 0 Å². The minimum absolute atomic E-state index is 0.0782. The highest BCUT2D eigenvalue weighted by molar-refractivity contribution is 5.91. The maximum atomic E-state index is 13.2. The van der Waals surface area contributed by atoms with Crippen molar-refractivity contribution in [1.82, 2.24) is 9.55 Å². The minimum atomic E-state index is -0.263. The molecule has 1 aliphatic heterocycles. The van der Waals surface area contributed by atoms with Crippen molar-refractivity contribution in [2.24, 2.45) is 0 Å². The van der Waals surface area contributed by atoms with Crippen molar-refractivity contribution in [2.75, 3.05) is 36.5 Å². The van der Waals surface area contributed by atoms with Crippen LogP contribution >= 0.6 is 0 Å². The SMILES string of the molecule is CC(C)c1ccc(NC(=O)Cn2c(=O)c(N3CCOCC3)nc3ccccc32)cc1. The molecule has 0 radical (unpaired) electrons. The molecule has 156 valence electrons. The number of benzene rings is 2. The highest BCUT2D eigenvalue weighted by atomic mass is 16.5. The molecule has 1 fully saturated rings. The Bertz CT molecular complexity index is 1100. The highest BCUT2D eigenvalue weighted by Crippen LogP contribution is 2.18. The summed E-state index contributed by atoms with van der Waals surface area (Å²) in [5, 5.41) is 2.89. The van der Waals surface area contributed by atoms with Gasteiger partial charge in [0.05, 0.1) is 24.2 Å². The summed E-state index contributed by atoms with van der Waals surface area (Å²) in [6, 6.07) is 15.2. The van der Waals surface area contributed by atoms with Crippen LogP contribution in [0, 0.1) is 0 Å². The lowest BCUT2D eigenvalue weighted by atomic mass is 10.0. The van der Waals surface area contributed by atoms with E-state index in [1.54, 1.807) is 0 Å². The molecule has 1 aromatic heterocycles. The minimum Gasteiger partial charge on any atom is -0.378 e. The molecule has 30 heavy (non-hydrogen) atoms. The summed E-state index contributed by atoms with van der Waals surface area (Å²) in [4.78, 5) is 32.5. The van der Waals surface area contributed by atoms with Gasteiger partial charge in [0, 0.05) is 18.8 Å². The van der Waals surface area contributed by atoms with Crippen LogP contribution in [0.2, 0.25) is 0 Å². The number of fused-ring (bicyclic) bond motifs is 1. The second kappa shape index (κ2) is 8.67. The molecule has 2 heterocycles. The molecule has 4 rings (SSSR count). The Labute approximate surface area is 175 Å². The van der Waals surface area contributed by atoms with Crippen LogP contribution in [-0.2, 0) is 16.1 Å². The van der Waals surface area contributed by atoms with Crippen molar-refractivity contribution in [1.29, 1.82) is 0 Å². The molecular weight excluding hydrogens is 380 g/mol. The molecule has 1 saturated heterocycles. The predicted molar refractivity (Wildman–Crippen MR) is 118 cm³/mol. The fraction of sp³-hybridized carbons (Fsp3) is 0.348. The number of carbonyl (C=O) groups is 1. The summed E-state index contributed by atoms with van der Waals surface area (Å²) >= 11 is 0. The number of carbonyl (C=O) groups excluding carboxylic acids is 1. The average Bonchev–Trinajstić information content (AvgIpc) is 2.76. The smallest absolute Gasteiger partial charge is 0.294 e. The molecule has 0 saturated carbocycles. The first-order valence-corrected chi connectivity index (χ1v) is 10.2. The number of anilines is 2. The average molecular weight is 406 g/mol. The van der Waals surface area contributed by atoms with Crippen LogP contribution in [0.3, 0.4) is 0 Å². The van der Waals surface area contributed by atoms with E-state index in [-0.39, 0.29) is 18.0 Å². The lowest BCUT2D eigenvalue weighted by molar-refractivity contribution is -0.116. The summed E-state index contributed by atoms with van der Waals surface area (Å²) < 4.78 is 6.90. The third-order valence-corrected chi connectivity index (χ3v) is 5.31. The molecular formula is C23H26N4O3. The molecule has 1 aliphatic rings. The topological polar surface area (TPSA) is 76.5 Å². The monoisotopic (exact) mass is 406 g/mol. The van der Waals surface area contributed by atoms with Crippen molar-refractivity contribution < 1.29 is 9.53 Å². The van der Waals surface area contributed by atoms with Crippen molar-refractivity contribution in [3.63, 3.8) is 0 Å². The van der Waals surface area contributed by atoms with Gasteiger partial charge in [-0.1, -0.05) is 38.1 Å². The van der Waals surface area contributed by atoms with Gasteiger partial charge in [0.25, 0.3) is 5.56 Å². The fourth-order valence-electron chi connectivity index (χ4n) is 3.61. The normalized spacial score (nSPS) is 14.3. The summed E-state index contributed by atoms with van der Waals surface area (Å²) in [6.07, 6.45) is 0. The van der Waals surface area contributed by atoms with Gasteiger partial charge in [-0.05, 0) is 35.7 Å². The van der Waals surface area contributed by atoms with Gasteiger partial charge < -0.3 is 15.0 Å². The van der Waals surface area contributed by atoms with Gasteiger partial charge in [-0.15, -0.1) is 0 Å². The Morgan fingerprint density at radius 1 is 1.10 bits per heavy atom. The van der Waals surface area contributed by atoms with E-state index >= 15 is 0 Å². The van der Waals surface area contributed by atoms with Crippen molar-refractivity contribution in [3.05, 3.63) is 64.4 Å². The molecule has 1 amide bonds. The van der Waals surface area contributed by atoms with Crippen LogP contribution in [-0.4, -0.2) is 41.8 Å². The molecule has 0 aliphatic carbocycles. The molecule has 3 aromatic rings. The van der Waals surface area contributed by atoms with Gasteiger partial charge in [0.15, 0.2) is 5.82 Å². The quantitative estimate of drug-likeness (QED) is 0.705. The van der Waals surface area contributed by atoms with Crippen molar-refractivity contribution >= 4 is 28.4 Å². The van der Waals surface area contributed by atoms with Crippen LogP contribution in [0.1, 0.15) is 25.3 Å². The highest BCUT2D eigenvalue weighted by Gasteiger charge is 2.20. The number of hydrogen-bond acceptors (Lipinski definition) is 5. The molecule has 7 nitrogen and oxygen atoms in total. The Balaban J connectivity index is 1.63. The van der Waals surface area contributed by atoms with Crippen LogP contribution in [0.5, 0.6) is 0 Å². The number of nitrogens with one attached hydrogen (secondary N) is 1. The summed E-state index contributed by atoms with van der Waals surface area (Å²) in [6.45, 7) is 6.50. The van der Waals surface area contributed by atoms with E-state index in [9.17, 15) is 9.59 Å². The van der Waals surface area contributed by atoms with Crippen LogP contribution in [0.25, 0.3) is 11.0 Å². The van der Waals surface area contributed by atoms with E-state index in [1.165, 1.54) is 10.1 Å². The molecule has 7 heteroatoms. The number of rotatable bonds is 5. The fourth-order valence-corrected chi connectivity index (χ4v) is 3.61. The Kier molecular flexibility index (Phi) is 5.81. The first-order valence-electron chi connectivity index (χ1n) is 10.2. The molecule has 0 bridgehead atoms. The third kappa shape index (κ3) is 4.21. The number of ether oxygens (including phenoxy) is 1. The first kappa shape index (κ1) is 20.1. The number of para-hydroxylation sites is 2. The summed E-state index contributed by atoms with van der Waals surface area (Å²) in [7, 11) is 0. The van der Waals surface area contributed by atoms with Gasteiger partial charge in [0.1, 0.15) is 6.54 Å². The first-order chi connectivity index (χ1) is 14.5. The predicted octanol–water partition coefficient (Wildman–Crippen LogP) is 3.00. The van der Waals surface area contributed by atoms with Crippen molar-refractivity contribution in [2.45, 2.75) is 26.3 Å². The van der Waals surface area contributed by atoms with Gasteiger partial charge >= 0.3 is 0 Å². The Hall–Kier alpha value is -3.19. The lowest BCUT2D eigenvalue weighted by Gasteiger charge is -2.28. The van der Waals surface area contributed by atoms with Gasteiger partial charge in [-0.2, -0.15) is 0 Å². The zero-order chi connectivity index (χ0) is 21.1. The largest absolute Gasteiger partial charge is 0.378 e. The number of amides is 1. The number of morpholine rings is 1. The van der Waals surface area contributed by atoms with E-state index in [1.807, 2.05) is 53.4 Å². The van der Waals surface area contributed by atoms with E-state index in [2.05, 4.69) is 24.1 Å². The van der Waals surface area contributed by atoms with E-state index < -0.39 is 0 Å². The molecule has 2 aromatic carbocycles. The van der Waals surface area contributed by atoms with Gasteiger partial charge in [-0.25, -0.2) is 4.98 Å². The summed E-state index contributed by atoms with van der Waals surface area (Å²) in [5.74, 6) is 0.542. The molecule has 0 atom stereocenters. The lowest BCUT2D eigenvalue weighted by Crippen LogP contribution is -2.42. The summed E-state index contributed by atoms with van der Waals surface area (Å²) in [5.41, 5.74) is 2.99. The molecule has 0 unspecified atom stereocenters. The Morgan fingerprint density at radius 2 is 1.80 bits per heavy atom.